The molecule has 14 heavy (non-hydrogen) atoms. The van der Waals surface area contributed by atoms with Crippen molar-refractivity contribution >= 4 is 5.82 Å². The average Bonchev–Trinajstić information content (AvgIpc) is 2.43. The first kappa shape index (κ1) is 9.52. The Kier molecular flexibility index (Phi) is 2.23. The molecule has 0 saturated carbocycles. The summed E-state index contributed by atoms with van der Waals surface area (Å²) in [6.07, 6.45) is 2.13. The van der Waals surface area contributed by atoms with E-state index in [4.69, 9.17) is 5.73 Å². The Morgan fingerprint density at radius 2 is 2.21 bits per heavy atom. The van der Waals surface area contributed by atoms with Crippen LogP contribution in [0.1, 0.15) is 30.6 Å². The highest BCUT2D eigenvalue weighted by molar-refractivity contribution is 5.45. The van der Waals surface area contributed by atoms with Crippen LogP contribution in [0.25, 0.3) is 0 Å². The molecule has 1 unspecified atom stereocenters. The van der Waals surface area contributed by atoms with E-state index in [0.29, 0.717) is 6.04 Å². The summed E-state index contributed by atoms with van der Waals surface area (Å²) < 4.78 is 1.80. The summed E-state index contributed by atoms with van der Waals surface area (Å²) in [6, 6.07) is 0.447. The zero-order chi connectivity index (χ0) is 10.3. The molecule has 0 radical (unpaired) electrons. The van der Waals surface area contributed by atoms with Crippen LogP contribution in [0.3, 0.4) is 0 Å². The van der Waals surface area contributed by atoms with Crippen molar-refractivity contribution in [2.24, 2.45) is 7.05 Å². The lowest BCUT2D eigenvalue weighted by Crippen LogP contribution is -2.31. The molecule has 2 rings (SSSR count). The largest absolute Gasteiger partial charge is 0.384 e. The van der Waals surface area contributed by atoms with E-state index in [2.05, 4.69) is 24.0 Å². The maximum atomic E-state index is 5.97. The van der Waals surface area contributed by atoms with E-state index < -0.39 is 0 Å². The Hall–Kier alpha value is -1.03. The molecule has 1 aliphatic rings. The van der Waals surface area contributed by atoms with Crippen molar-refractivity contribution in [3.63, 3.8) is 0 Å². The molecule has 1 aromatic rings. The smallest absolute Gasteiger partial charge is 0.124 e. The van der Waals surface area contributed by atoms with E-state index in [1.165, 1.54) is 11.3 Å². The minimum Gasteiger partial charge on any atom is -0.384 e. The fourth-order valence-corrected chi connectivity index (χ4v) is 2.28. The first-order valence-electron chi connectivity index (χ1n) is 5.16. The number of aryl methyl sites for hydroxylation is 1. The highest BCUT2D eigenvalue weighted by Crippen LogP contribution is 2.32. The molecule has 0 bridgehead atoms. The normalized spacial score (nSPS) is 22.4. The number of nitrogen functional groups attached to an aromatic ring is 1. The summed E-state index contributed by atoms with van der Waals surface area (Å²) in [5, 5.41) is 4.50. The Bertz CT molecular complexity index is 342. The molecule has 0 fully saturated rings. The van der Waals surface area contributed by atoms with Gasteiger partial charge in [-0.15, -0.1) is 0 Å². The first-order chi connectivity index (χ1) is 6.65. The average molecular weight is 194 g/mol. The fraction of sp³-hybridized carbons (Fsp3) is 0.700. The summed E-state index contributed by atoms with van der Waals surface area (Å²) >= 11 is 0. The van der Waals surface area contributed by atoms with Crippen LogP contribution in [0.2, 0.25) is 0 Å². The monoisotopic (exact) mass is 194 g/mol. The predicted octanol–water partition coefficient (Wildman–Crippen LogP) is 0.941. The maximum absolute atomic E-state index is 5.97. The predicted molar refractivity (Wildman–Crippen MR) is 57.0 cm³/mol. The van der Waals surface area contributed by atoms with Gasteiger partial charge >= 0.3 is 0 Å². The molecule has 78 valence electrons. The molecule has 0 aromatic carbocycles. The third-order valence-electron chi connectivity index (χ3n) is 3.17. The molecule has 0 spiro atoms. The molecular weight excluding hydrogens is 176 g/mol. The number of anilines is 1. The van der Waals surface area contributed by atoms with Crippen molar-refractivity contribution in [1.82, 2.24) is 14.7 Å². The summed E-state index contributed by atoms with van der Waals surface area (Å²) in [7, 11) is 4.07. The highest BCUT2D eigenvalue weighted by Gasteiger charge is 2.28. The van der Waals surface area contributed by atoms with E-state index in [1.807, 2.05) is 7.05 Å². The Balaban J connectivity index is 2.47. The highest BCUT2D eigenvalue weighted by atomic mass is 15.3. The van der Waals surface area contributed by atoms with Crippen LogP contribution >= 0.6 is 0 Å². The lowest BCUT2D eigenvalue weighted by atomic mass is 9.98. The molecule has 0 aliphatic carbocycles. The van der Waals surface area contributed by atoms with Crippen molar-refractivity contribution in [1.29, 1.82) is 0 Å². The van der Waals surface area contributed by atoms with Crippen molar-refractivity contribution in [2.45, 2.75) is 25.8 Å². The molecule has 2 N–H and O–H groups in total. The van der Waals surface area contributed by atoms with E-state index in [9.17, 15) is 0 Å². The lowest BCUT2D eigenvalue weighted by Gasteiger charge is -2.30. The van der Waals surface area contributed by atoms with E-state index >= 15 is 0 Å². The van der Waals surface area contributed by atoms with Crippen LogP contribution in [0.4, 0.5) is 5.82 Å². The topological polar surface area (TPSA) is 47.1 Å². The third-order valence-corrected chi connectivity index (χ3v) is 3.17. The molecule has 0 saturated heterocycles. The Morgan fingerprint density at radius 1 is 1.50 bits per heavy atom. The quantitative estimate of drug-likeness (QED) is 0.723. The second kappa shape index (κ2) is 3.28. The molecule has 1 aromatic heterocycles. The van der Waals surface area contributed by atoms with Gasteiger partial charge < -0.3 is 5.73 Å². The van der Waals surface area contributed by atoms with Crippen molar-refractivity contribution in [3.05, 3.63) is 11.3 Å². The van der Waals surface area contributed by atoms with E-state index in [-0.39, 0.29) is 0 Å². The van der Waals surface area contributed by atoms with Gasteiger partial charge in [0.1, 0.15) is 5.82 Å². The van der Waals surface area contributed by atoms with Crippen LogP contribution in [0, 0.1) is 0 Å². The van der Waals surface area contributed by atoms with Crippen molar-refractivity contribution in [3.8, 4) is 0 Å². The number of aromatic nitrogens is 2. The van der Waals surface area contributed by atoms with Gasteiger partial charge in [-0.25, -0.2) is 0 Å². The number of likely N-dealkylation sites (N-methyl/N-ethyl adjacent to an activating group) is 1. The van der Waals surface area contributed by atoms with Gasteiger partial charge in [0.05, 0.1) is 11.7 Å². The Labute approximate surface area is 84.7 Å². The fourth-order valence-electron chi connectivity index (χ4n) is 2.28. The Morgan fingerprint density at radius 3 is 2.86 bits per heavy atom. The maximum Gasteiger partial charge on any atom is 0.124 e. The van der Waals surface area contributed by atoms with Gasteiger partial charge in [-0.05, 0) is 19.9 Å². The van der Waals surface area contributed by atoms with Gasteiger partial charge in [0.2, 0.25) is 0 Å². The summed E-state index contributed by atoms with van der Waals surface area (Å²) in [6.45, 7) is 3.28. The van der Waals surface area contributed by atoms with Crippen molar-refractivity contribution < 1.29 is 0 Å². The lowest BCUT2D eigenvalue weighted by molar-refractivity contribution is 0.220. The SMILES string of the molecule is CCC1c2nn(C)c(N)c2CCN1C. The second-order valence-corrected chi connectivity index (χ2v) is 4.03. The van der Waals surface area contributed by atoms with Gasteiger partial charge in [0.25, 0.3) is 0 Å². The van der Waals surface area contributed by atoms with Gasteiger partial charge in [0, 0.05) is 19.2 Å². The second-order valence-electron chi connectivity index (χ2n) is 4.03. The molecule has 2 heterocycles. The molecule has 0 amide bonds. The zero-order valence-corrected chi connectivity index (χ0v) is 9.12. The molecule has 4 nitrogen and oxygen atoms in total. The van der Waals surface area contributed by atoms with Gasteiger partial charge in [-0.3, -0.25) is 9.58 Å². The zero-order valence-electron chi connectivity index (χ0n) is 9.12. The van der Waals surface area contributed by atoms with Crippen LogP contribution in [-0.4, -0.2) is 28.3 Å². The van der Waals surface area contributed by atoms with Gasteiger partial charge in [-0.2, -0.15) is 5.10 Å². The van der Waals surface area contributed by atoms with Gasteiger partial charge in [0.15, 0.2) is 0 Å². The van der Waals surface area contributed by atoms with Crippen LogP contribution in [-0.2, 0) is 13.5 Å². The molecule has 4 heteroatoms. The summed E-state index contributed by atoms with van der Waals surface area (Å²) in [5.74, 6) is 0.839. The van der Waals surface area contributed by atoms with E-state index in [1.54, 1.807) is 4.68 Å². The minimum atomic E-state index is 0.447. The van der Waals surface area contributed by atoms with E-state index in [0.717, 1.165) is 25.2 Å². The molecular formula is C10H18N4. The van der Waals surface area contributed by atoms with Gasteiger partial charge in [-0.1, -0.05) is 6.92 Å². The molecule has 1 atom stereocenters. The number of rotatable bonds is 1. The minimum absolute atomic E-state index is 0.447. The third kappa shape index (κ3) is 1.21. The van der Waals surface area contributed by atoms with Crippen LogP contribution in [0.15, 0.2) is 0 Å². The van der Waals surface area contributed by atoms with Crippen LogP contribution in [0.5, 0.6) is 0 Å². The standard InChI is InChI=1S/C10H18N4/c1-4-8-9-7(5-6-13(8)2)10(11)14(3)12-9/h8H,4-6,11H2,1-3H3. The number of hydrogen-bond donors (Lipinski definition) is 1. The number of nitrogens with zero attached hydrogens (tertiary/aromatic N) is 3. The number of hydrogen-bond acceptors (Lipinski definition) is 3. The number of nitrogens with two attached hydrogens (primary N) is 1. The number of fused-ring (bicyclic) bond motifs is 1. The van der Waals surface area contributed by atoms with Crippen molar-refractivity contribution in [2.75, 3.05) is 19.3 Å². The molecule has 1 aliphatic heterocycles. The first-order valence-corrected chi connectivity index (χ1v) is 5.16. The summed E-state index contributed by atoms with van der Waals surface area (Å²) in [5.41, 5.74) is 8.41. The van der Waals surface area contributed by atoms with Crippen LogP contribution < -0.4 is 5.73 Å². The summed E-state index contributed by atoms with van der Waals surface area (Å²) in [4.78, 5) is 2.36.